The first-order chi connectivity index (χ1) is 15.7. The number of thiazole rings is 1. The molecular weight excluding hydrogens is 442 g/mol. The first-order valence-corrected chi connectivity index (χ1v) is 11.2. The fraction of sp³-hybridized carbons (Fsp3) is 0.250. The van der Waals surface area contributed by atoms with E-state index < -0.39 is 23.5 Å². The normalized spacial score (nSPS) is 12.6. The minimum atomic E-state index is -1.40. The Kier molecular flexibility index (Phi) is 5.90. The Labute approximate surface area is 194 Å². The zero-order valence-corrected chi connectivity index (χ0v) is 19.2. The zero-order valence-electron chi connectivity index (χ0n) is 18.4. The van der Waals surface area contributed by atoms with Crippen molar-refractivity contribution in [3.63, 3.8) is 0 Å². The van der Waals surface area contributed by atoms with Crippen LogP contribution in [0.2, 0.25) is 0 Å². The number of carbonyl (C=O) groups is 3. The maximum Gasteiger partial charge on any atom is 0.413 e. The van der Waals surface area contributed by atoms with Crippen molar-refractivity contribution in [3.8, 4) is 11.1 Å². The molecule has 2 aromatic carbocycles. The van der Waals surface area contributed by atoms with Crippen molar-refractivity contribution in [1.29, 1.82) is 0 Å². The van der Waals surface area contributed by atoms with Crippen LogP contribution in [0.5, 0.6) is 0 Å². The zero-order chi connectivity index (χ0) is 23.8. The number of ether oxygens (including phenoxy) is 1. The second-order valence-corrected chi connectivity index (χ2v) is 9.07. The summed E-state index contributed by atoms with van der Waals surface area (Å²) < 4.78 is 5.49. The summed E-state index contributed by atoms with van der Waals surface area (Å²) in [6.45, 7) is 3.01. The Morgan fingerprint density at radius 2 is 1.67 bits per heavy atom. The molecule has 1 aliphatic rings. The topological polar surface area (TPSA) is 109 Å². The SMILES string of the molecule is CN(C(=O)c1csc(NC(=O)OCC2c3ccccc3-c3ccccc32)n1)C(C)(C)C(=O)O. The van der Waals surface area contributed by atoms with Gasteiger partial charge in [-0.05, 0) is 36.1 Å². The van der Waals surface area contributed by atoms with E-state index in [1.165, 1.54) is 26.3 Å². The number of hydrogen-bond donors (Lipinski definition) is 2. The monoisotopic (exact) mass is 465 g/mol. The molecule has 2 amide bonds. The molecule has 0 spiro atoms. The van der Waals surface area contributed by atoms with E-state index in [0.717, 1.165) is 38.5 Å². The molecule has 33 heavy (non-hydrogen) atoms. The van der Waals surface area contributed by atoms with Crippen LogP contribution in [0.1, 0.15) is 41.4 Å². The molecular formula is C24H23N3O5S. The van der Waals surface area contributed by atoms with Gasteiger partial charge in [0.25, 0.3) is 5.91 Å². The van der Waals surface area contributed by atoms with Gasteiger partial charge < -0.3 is 14.7 Å². The minimum absolute atomic E-state index is 0.0470. The molecule has 1 heterocycles. The summed E-state index contributed by atoms with van der Waals surface area (Å²) >= 11 is 1.06. The lowest BCUT2D eigenvalue weighted by Crippen LogP contribution is -2.50. The second kappa shape index (κ2) is 8.67. The van der Waals surface area contributed by atoms with Crippen LogP contribution in [-0.2, 0) is 9.53 Å². The Hall–Kier alpha value is -3.72. The molecule has 9 heteroatoms. The van der Waals surface area contributed by atoms with Crippen molar-refractivity contribution < 1.29 is 24.2 Å². The van der Waals surface area contributed by atoms with E-state index in [1.807, 2.05) is 36.4 Å². The lowest BCUT2D eigenvalue weighted by molar-refractivity contribution is -0.147. The van der Waals surface area contributed by atoms with Gasteiger partial charge in [-0.25, -0.2) is 14.6 Å². The predicted octanol–water partition coefficient (Wildman–Crippen LogP) is 4.44. The maximum atomic E-state index is 12.6. The van der Waals surface area contributed by atoms with Crippen molar-refractivity contribution in [3.05, 3.63) is 70.7 Å². The average molecular weight is 466 g/mol. The minimum Gasteiger partial charge on any atom is -0.480 e. The summed E-state index contributed by atoms with van der Waals surface area (Å²) in [7, 11) is 1.40. The summed E-state index contributed by atoms with van der Waals surface area (Å²) in [5.74, 6) is -1.76. The number of fused-ring (bicyclic) bond motifs is 3. The van der Waals surface area contributed by atoms with E-state index in [4.69, 9.17) is 4.74 Å². The molecule has 0 atom stereocenters. The lowest BCUT2D eigenvalue weighted by atomic mass is 9.98. The molecule has 0 unspecified atom stereocenters. The number of carboxylic acids is 1. The van der Waals surface area contributed by atoms with E-state index in [0.29, 0.717) is 0 Å². The van der Waals surface area contributed by atoms with Crippen LogP contribution in [0.25, 0.3) is 11.1 Å². The number of rotatable bonds is 6. The number of nitrogens with one attached hydrogen (secondary N) is 1. The Bertz CT molecular complexity index is 1190. The number of carbonyl (C=O) groups excluding carboxylic acids is 2. The van der Waals surface area contributed by atoms with E-state index in [1.54, 1.807) is 0 Å². The summed E-state index contributed by atoms with van der Waals surface area (Å²) in [6, 6.07) is 16.1. The fourth-order valence-corrected chi connectivity index (χ4v) is 4.39. The highest BCUT2D eigenvalue weighted by Gasteiger charge is 2.36. The number of aromatic nitrogens is 1. The van der Waals surface area contributed by atoms with Crippen LogP contribution in [0.4, 0.5) is 9.93 Å². The third-order valence-electron chi connectivity index (χ3n) is 5.94. The van der Waals surface area contributed by atoms with Gasteiger partial charge in [0.15, 0.2) is 5.13 Å². The van der Waals surface area contributed by atoms with Crippen LogP contribution < -0.4 is 5.32 Å². The first-order valence-electron chi connectivity index (χ1n) is 10.3. The number of aliphatic carboxylic acids is 1. The Morgan fingerprint density at radius 1 is 1.09 bits per heavy atom. The Balaban J connectivity index is 1.40. The number of nitrogens with zero attached hydrogens (tertiary/aromatic N) is 2. The van der Waals surface area contributed by atoms with Crippen molar-refractivity contribution in [2.24, 2.45) is 0 Å². The number of amides is 2. The van der Waals surface area contributed by atoms with Crippen LogP contribution >= 0.6 is 11.3 Å². The molecule has 0 radical (unpaired) electrons. The van der Waals surface area contributed by atoms with Gasteiger partial charge in [-0.2, -0.15) is 0 Å². The highest BCUT2D eigenvalue weighted by molar-refractivity contribution is 7.14. The molecule has 170 valence electrons. The van der Waals surface area contributed by atoms with Gasteiger partial charge in [0.05, 0.1) is 0 Å². The molecule has 0 bridgehead atoms. The molecule has 0 fully saturated rings. The van der Waals surface area contributed by atoms with Gasteiger partial charge >= 0.3 is 12.1 Å². The van der Waals surface area contributed by atoms with Gasteiger partial charge in [-0.1, -0.05) is 48.5 Å². The summed E-state index contributed by atoms with van der Waals surface area (Å²) in [5.41, 5.74) is 3.14. The first kappa shape index (κ1) is 22.5. The summed E-state index contributed by atoms with van der Waals surface area (Å²) in [5, 5.41) is 13.5. The van der Waals surface area contributed by atoms with E-state index >= 15 is 0 Å². The van der Waals surface area contributed by atoms with Gasteiger partial charge in [0, 0.05) is 18.3 Å². The quantitative estimate of drug-likeness (QED) is 0.557. The molecule has 3 aromatic rings. The van der Waals surface area contributed by atoms with Crippen molar-refractivity contribution in [2.75, 3.05) is 19.0 Å². The maximum absolute atomic E-state index is 12.6. The predicted molar refractivity (Wildman–Crippen MR) is 125 cm³/mol. The van der Waals surface area contributed by atoms with E-state index in [2.05, 4.69) is 22.4 Å². The number of likely N-dealkylation sites (N-methyl/N-ethyl adjacent to an activating group) is 1. The van der Waals surface area contributed by atoms with Crippen molar-refractivity contribution in [1.82, 2.24) is 9.88 Å². The van der Waals surface area contributed by atoms with Crippen LogP contribution in [-0.4, -0.2) is 52.2 Å². The molecule has 0 aliphatic heterocycles. The molecule has 1 aliphatic carbocycles. The lowest BCUT2D eigenvalue weighted by Gasteiger charge is -2.30. The fourth-order valence-electron chi connectivity index (χ4n) is 3.72. The highest BCUT2D eigenvalue weighted by Crippen LogP contribution is 2.44. The molecule has 1 aromatic heterocycles. The van der Waals surface area contributed by atoms with Gasteiger partial charge in [-0.15, -0.1) is 11.3 Å². The molecule has 0 saturated heterocycles. The molecule has 8 nitrogen and oxygen atoms in total. The molecule has 0 saturated carbocycles. The standard InChI is InChI=1S/C24H23N3O5S/c1-24(2,21(29)30)27(3)20(28)19-13-33-22(25-19)26-23(31)32-12-18-16-10-6-4-8-14(16)15-9-5-7-11-17(15)18/h4-11,13,18H,12H2,1-3H3,(H,29,30)(H,25,26,31). The van der Waals surface area contributed by atoms with Crippen LogP contribution in [0, 0.1) is 0 Å². The largest absolute Gasteiger partial charge is 0.480 e. The summed E-state index contributed by atoms with van der Waals surface area (Å²) in [6.07, 6.45) is -0.676. The van der Waals surface area contributed by atoms with Crippen LogP contribution in [0.15, 0.2) is 53.9 Å². The van der Waals surface area contributed by atoms with Gasteiger partial charge in [-0.3, -0.25) is 10.1 Å². The van der Waals surface area contributed by atoms with Crippen molar-refractivity contribution in [2.45, 2.75) is 25.3 Å². The average Bonchev–Trinajstić information content (AvgIpc) is 3.39. The third-order valence-corrected chi connectivity index (χ3v) is 6.70. The highest BCUT2D eigenvalue weighted by atomic mass is 32.1. The van der Waals surface area contributed by atoms with Crippen LogP contribution in [0.3, 0.4) is 0 Å². The number of benzene rings is 2. The third kappa shape index (κ3) is 4.19. The van der Waals surface area contributed by atoms with Gasteiger partial charge in [0.1, 0.15) is 17.8 Å². The van der Waals surface area contributed by atoms with E-state index in [-0.39, 0.29) is 23.4 Å². The summed E-state index contributed by atoms with van der Waals surface area (Å²) in [4.78, 5) is 41.6. The number of anilines is 1. The smallest absolute Gasteiger partial charge is 0.413 e. The van der Waals surface area contributed by atoms with Crippen molar-refractivity contribution >= 4 is 34.4 Å². The van der Waals surface area contributed by atoms with Gasteiger partial charge in [0.2, 0.25) is 0 Å². The number of hydrogen-bond acceptors (Lipinski definition) is 6. The van der Waals surface area contributed by atoms with E-state index in [9.17, 15) is 19.5 Å². The second-order valence-electron chi connectivity index (χ2n) is 8.22. The Morgan fingerprint density at radius 3 is 2.24 bits per heavy atom. The molecule has 2 N–H and O–H groups in total. The number of carboxylic acid groups (broad SMARTS) is 1. The molecule has 4 rings (SSSR count).